The Bertz CT molecular complexity index is 800. The Kier molecular flexibility index (Phi) is 10.9. The zero-order valence-electron chi connectivity index (χ0n) is 21.4. The van der Waals surface area contributed by atoms with Crippen LogP contribution < -0.4 is 9.47 Å². The number of esters is 2. The van der Waals surface area contributed by atoms with Gasteiger partial charge in [-0.15, -0.1) is 0 Å². The lowest BCUT2D eigenvalue weighted by atomic mass is 9.72. The van der Waals surface area contributed by atoms with Gasteiger partial charge in [0.2, 0.25) is 0 Å². The Labute approximate surface area is 198 Å². The number of carbonyl (C=O) groups excluding carboxylic acids is 3. The van der Waals surface area contributed by atoms with E-state index in [9.17, 15) is 14.4 Å². The summed E-state index contributed by atoms with van der Waals surface area (Å²) in [6.07, 6.45) is 1.96. The molecule has 0 N–H and O–H groups in total. The first-order valence-electron chi connectivity index (χ1n) is 11.5. The Balaban J connectivity index is 3.58. The molecule has 0 bridgehead atoms. The molecule has 0 spiro atoms. The van der Waals surface area contributed by atoms with Crippen molar-refractivity contribution in [1.82, 2.24) is 0 Å². The molecule has 7 heteroatoms. The summed E-state index contributed by atoms with van der Waals surface area (Å²) in [6, 6.07) is 3.75. The van der Waals surface area contributed by atoms with Crippen LogP contribution in [0.15, 0.2) is 12.1 Å². The molecule has 0 aliphatic rings. The number of aldehydes is 1. The van der Waals surface area contributed by atoms with Gasteiger partial charge in [-0.2, -0.15) is 0 Å². The van der Waals surface area contributed by atoms with Crippen molar-refractivity contribution in [3.05, 3.63) is 23.3 Å². The first-order chi connectivity index (χ1) is 15.3. The zero-order chi connectivity index (χ0) is 25.2. The lowest BCUT2D eigenvalue weighted by molar-refractivity contribution is -0.146. The molecule has 7 nitrogen and oxygen atoms in total. The van der Waals surface area contributed by atoms with Crippen molar-refractivity contribution in [1.29, 1.82) is 0 Å². The summed E-state index contributed by atoms with van der Waals surface area (Å²) in [4.78, 5) is 35.0. The van der Waals surface area contributed by atoms with E-state index in [1.165, 1.54) is 0 Å². The topological polar surface area (TPSA) is 88.1 Å². The van der Waals surface area contributed by atoms with Gasteiger partial charge in [-0.25, -0.2) is 9.59 Å². The molecular formula is C26H40O7. The molecule has 1 rings (SSSR count). The van der Waals surface area contributed by atoms with Gasteiger partial charge >= 0.3 is 11.9 Å². The number of hydrogen-bond donors (Lipinski definition) is 0. The lowest BCUT2D eigenvalue weighted by Gasteiger charge is -2.34. The third-order valence-electron chi connectivity index (χ3n) is 5.22. The van der Waals surface area contributed by atoms with Crippen molar-refractivity contribution in [2.24, 2.45) is 5.41 Å². The lowest BCUT2D eigenvalue weighted by Crippen LogP contribution is -2.23. The van der Waals surface area contributed by atoms with Crippen LogP contribution in [-0.4, -0.2) is 44.7 Å². The quantitative estimate of drug-likeness (QED) is 0.318. The average Bonchev–Trinajstić information content (AvgIpc) is 2.70. The van der Waals surface area contributed by atoms with Crippen LogP contribution in [0.1, 0.15) is 85.3 Å². The fourth-order valence-electron chi connectivity index (χ4n) is 3.65. The maximum Gasteiger partial charge on any atom is 0.344 e. The zero-order valence-corrected chi connectivity index (χ0v) is 21.4. The minimum absolute atomic E-state index is 0.0138. The maximum atomic E-state index is 12.0. The highest BCUT2D eigenvalue weighted by atomic mass is 16.6. The number of hydrogen-bond acceptors (Lipinski definition) is 7. The van der Waals surface area contributed by atoms with E-state index in [2.05, 4.69) is 41.5 Å². The predicted molar refractivity (Wildman–Crippen MR) is 127 cm³/mol. The van der Waals surface area contributed by atoms with Gasteiger partial charge in [0.05, 0.1) is 13.2 Å². The van der Waals surface area contributed by atoms with E-state index in [1.807, 2.05) is 6.07 Å². The van der Waals surface area contributed by atoms with E-state index in [0.29, 0.717) is 24.3 Å². The van der Waals surface area contributed by atoms with Gasteiger partial charge in [0, 0.05) is 18.1 Å². The Morgan fingerprint density at radius 3 is 1.82 bits per heavy atom. The molecule has 1 aromatic rings. The summed E-state index contributed by atoms with van der Waals surface area (Å²) >= 11 is 0. The van der Waals surface area contributed by atoms with E-state index >= 15 is 0 Å². The van der Waals surface area contributed by atoms with Crippen LogP contribution in [0.4, 0.5) is 0 Å². The SMILES string of the molecule is CCOC(=O)COc1cc(OCC(=O)OCC)c(C(C)(C)C)cc1C(CCC=O)C(C)(C)C. The minimum atomic E-state index is -0.474. The van der Waals surface area contributed by atoms with Crippen molar-refractivity contribution < 1.29 is 33.3 Å². The third-order valence-corrected chi connectivity index (χ3v) is 5.22. The second-order valence-electron chi connectivity index (χ2n) is 9.99. The molecule has 186 valence electrons. The molecule has 1 unspecified atom stereocenters. The second kappa shape index (κ2) is 12.6. The molecule has 0 aliphatic heterocycles. The smallest absolute Gasteiger partial charge is 0.344 e. The van der Waals surface area contributed by atoms with Crippen LogP contribution in [0.5, 0.6) is 11.5 Å². The third kappa shape index (κ3) is 9.06. The summed E-state index contributed by atoms with van der Waals surface area (Å²) in [5.74, 6) is 0.00793. The molecule has 0 saturated carbocycles. The molecule has 0 heterocycles. The number of carbonyl (C=O) groups is 3. The molecule has 1 atom stereocenters. The van der Waals surface area contributed by atoms with Gasteiger partial charge in [-0.3, -0.25) is 0 Å². The van der Waals surface area contributed by atoms with Crippen LogP contribution in [0.25, 0.3) is 0 Å². The normalized spacial score (nSPS) is 12.6. The average molecular weight is 465 g/mol. The van der Waals surface area contributed by atoms with Gasteiger partial charge in [-0.1, -0.05) is 41.5 Å². The molecular weight excluding hydrogens is 424 g/mol. The van der Waals surface area contributed by atoms with E-state index in [4.69, 9.17) is 18.9 Å². The van der Waals surface area contributed by atoms with Crippen LogP contribution in [-0.2, 0) is 29.3 Å². The highest BCUT2D eigenvalue weighted by molar-refractivity contribution is 5.72. The van der Waals surface area contributed by atoms with Gasteiger partial charge in [0.15, 0.2) is 13.2 Å². The predicted octanol–water partition coefficient (Wildman–Crippen LogP) is 4.98. The first-order valence-corrected chi connectivity index (χ1v) is 11.5. The highest BCUT2D eigenvalue weighted by Crippen LogP contribution is 2.46. The molecule has 0 aromatic heterocycles. The molecule has 0 amide bonds. The molecule has 0 saturated heterocycles. The fraction of sp³-hybridized carbons (Fsp3) is 0.654. The van der Waals surface area contributed by atoms with Crippen molar-refractivity contribution in [2.45, 2.75) is 79.6 Å². The van der Waals surface area contributed by atoms with E-state index in [1.54, 1.807) is 19.9 Å². The van der Waals surface area contributed by atoms with Crippen molar-refractivity contribution >= 4 is 18.2 Å². The monoisotopic (exact) mass is 464 g/mol. The molecule has 0 aliphatic carbocycles. The second-order valence-corrected chi connectivity index (χ2v) is 9.99. The summed E-state index contributed by atoms with van der Waals surface area (Å²) in [5.41, 5.74) is 1.31. The summed E-state index contributed by atoms with van der Waals surface area (Å²) in [7, 11) is 0. The van der Waals surface area contributed by atoms with Crippen LogP contribution >= 0.6 is 0 Å². The van der Waals surface area contributed by atoms with Crippen molar-refractivity contribution in [2.75, 3.05) is 26.4 Å². The van der Waals surface area contributed by atoms with E-state index < -0.39 is 11.9 Å². The number of ether oxygens (including phenoxy) is 4. The van der Waals surface area contributed by atoms with E-state index in [0.717, 1.165) is 17.4 Å². The molecule has 1 aromatic carbocycles. The van der Waals surface area contributed by atoms with Gasteiger partial charge in [0.1, 0.15) is 17.8 Å². The van der Waals surface area contributed by atoms with Gasteiger partial charge in [0.25, 0.3) is 0 Å². The first kappa shape index (κ1) is 28.5. The Morgan fingerprint density at radius 1 is 0.879 bits per heavy atom. The molecule has 0 radical (unpaired) electrons. The standard InChI is InChI=1S/C26H40O7/c1-9-30-23(28)16-32-21-15-22(33-17-24(29)31-10-2)20(26(6,7)8)14-18(21)19(12-11-13-27)25(3,4)5/h13-15,19H,9-12,16-17H2,1-8H3. The van der Waals surface area contributed by atoms with Gasteiger partial charge < -0.3 is 23.7 Å². The number of rotatable bonds is 12. The highest BCUT2D eigenvalue weighted by Gasteiger charge is 2.32. The van der Waals surface area contributed by atoms with Crippen molar-refractivity contribution in [3.8, 4) is 11.5 Å². The summed E-state index contributed by atoms with van der Waals surface area (Å²) in [5, 5.41) is 0. The van der Waals surface area contributed by atoms with Gasteiger partial charge in [-0.05, 0) is 48.6 Å². The number of benzene rings is 1. The fourth-order valence-corrected chi connectivity index (χ4v) is 3.65. The Morgan fingerprint density at radius 2 is 1.39 bits per heavy atom. The summed E-state index contributed by atoms with van der Waals surface area (Å²) in [6.45, 7) is 16.0. The van der Waals surface area contributed by atoms with E-state index in [-0.39, 0.29) is 43.2 Å². The molecule has 0 fully saturated rings. The van der Waals surface area contributed by atoms with Crippen LogP contribution in [0, 0.1) is 5.41 Å². The van der Waals surface area contributed by atoms with Crippen LogP contribution in [0.2, 0.25) is 0 Å². The largest absolute Gasteiger partial charge is 0.481 e. The maximum absolute atomic E-state index is 12.0. The minimum Gasteiger partial charge on any atom is -0.481 e. The summed E-state index contributed by atoms with van der Waals surface area (Å²) < 4.78 is 21.8. The van der Waals surface area contributed by atoms with Crippen LogP contribution in [0.3, 0.4) is 0 Å². The van der Waals surface area contributed by atoms with Crippen molar-refractivity contribution in [3.63, 3.8) is 0 Å². The molecule has 33 heavy (non-hydrogen) atoms. The Hall–Kier alpha value is -2.57.